The molecule has 2 heterocycles. The molecule has 11 heavy (non-hydrogen) atoms. The molecule has 0 aromatic heterocycles. The number of hydrogen-bond donors (Lipinski definition) is 1. The highest BCUT2D eigenvalue weighted by molar-refractivity contribution is 4.76. The highest BCUT2D eigenvalue weighted by atomic mass is 16.8. The number of rotatable bonds is 1. The monoisotopic (exact) mass is 156 g/mol. The predicted octanol–water partition coefficient (Wildman–Crippen LogP) is 0.579. The maximum absolute atomic E-state index is 5.07. The molecule has 2 aliphatic rings. The number of nitrogens with zero attached hydrogens (tertiary/aromatic N) is 1. The van der Waals surface area contributed by atoms with Gasteiger partial charge >= 0.3 is 0 Å². The largest absolute Gasteiger partial charge is 0.306 e. The van der Waals surface area contributed by atoms with Crippen LogP contribution in [-0.4, -0.2) is 31.3 Å². The van der Waals surface area contributed by atoms with Gasteiger partial charge in [0.05, 0.1) is 0 Å². The molecule has 0 saturated carbocycles. The lowest BCUT2D eigenvalue weighted by Crippen LogP contribution is -2.19. The molecular weight excluding hydrogens is 140 g/mol. The summed E-state index contributed by atoms with van der Waals surface area (Å²) in [5, 5.41) is 0. The van der Waals surface area contributed by atoms with Gasteiger partial charge in [-0.2, -0.15) is 5.48 Å². The Kier molecular flexibility index (Phi) is 2.11. The normalized spacial score (nSPS) is 40.1. The summed E-state index contributed by atoms with van der Waals surface area (Å²) in [5.74, 6) is 0.764. The minimum absolute atomic E-state index is 0.390. The first-order valence-electron chi connectivity index (χ1n) is 4.46. The molecule has 0 spiro atoms. The Morgan fingerprint density at radius 1 is 1.36 bits per heavy atom. The van der Waals surface area contributed by atoms with E-state index >= 15 is 0 Å². The van der Waals surface area contributed by atoms with E-state index in [9.17, 15) is 0 Å². The van der Waals surface area contributed by atoms with Gasteiger partial charge in [-0.15, -0.1) is 0 Å². The lowest BCUT2D eigenvalue weighted by atomic mass is 10.0. The van der Waals surface area contributed by atoms with E-state index in [-0.39, 0.29) is 0 Å². The molecule has 0 aliphatic carbocycles. The summed E-state index contributed by atoms with van der Waals surface area (Å²) < 4.78 is 0. The summed E-state index contributed by atoms with van der Waals surface area (Å²) in [6.07, 6.45) is 4.32. The van der Waals surface area contributed by atoms with E-state index in [1.165, 1.54) is 32.4 Å². The molecule has 2 unspecified atom stereocenters. The Hall–Kier alpha value is -0.120. The fourth-order valence-corrected chi connectivity index (χ4v) is 1.80. The van der Waals surface area contributed by atoms with Crippen LogP contribution in [0.15, 0.2) is 0 Å². The van der Waals surface area contributed by atoms with Crippen LogP contribution in [0.4, 0.5) is 0 Å². The average molecular weight is 156 g/mol. The van der Waals surface area contributed by atoms with Gasteiger partial charge in [0.1, 0.15) is 0 Å². The van der Waals surface area contributed by atoms with Crippen LogP contribution < -0.4 is 5.48 Å². The van der Waals surface area contributed by atoms with Gasteiger partial charge in [-0.3, -0.25) is 4.84 Å². The molecule has 2 atom stereocenters. The van der Waals surface area contributed by atoms with Crippen molar-refractivity contribution in [3.05, 3.63) is 0 Å². The summed E-state index contributed by atoms with van der Waals surface area (Å²) in [7, 11) is 2.20. The van der Waals surface area contributed by atoms with Gasteiger partial charge < -0.3 is 4.90 Å². The minimum atomic E-state index is 0.390. The van der Waals surface area contributed by atoms with Crippen LogP contribution in [0.25, 0.3) is 0 Å². The van der Waals surface area contributed by atoms with Gasteiger partial charge in [0.2, 0.25) is 0 Å². The van der Waals surface area contributed by atoms with Crippen molar-refractivity contribution in [2.75, 3.05) is 20.1 Å². The fourth-order valence-electron chi connectivity index (χ4n) is 1.80. The topological polar surface area (TPSA) is 37.7 Å². The van der Waals surface area contributed by atoms with Crippen molar-refractivity contribution in [2.24, 2.45) is 5.92 Å². The van der Waals surface area contributed by atoms with E-state index in [4.69, 9.17) is 4.84 Å². The molecule has 0 aromatic carbocycles. The molecule has 3 heteroatoms. The van der Waals surface area contributed by atoms with Crippen LogP contribution in [-0.2, 0) is 4.84 Å². The summed E-state index contributed by atoms with van der Waals surface area (Å²) >= 11 is 0. The number of likely N-dealkylation sites (tertiary alicyclic amines) is 1. The fraction of sp³-hybridized carbons (Fsp3) is 1.00. The Balaban J connectivity index is 1.82. The van der Waals surface area contributed by atoms with Gasteiger partial charge in [0.25, 0.3) is 0 Å². The molecule has 0 aromatic rings. The lowest BCUT2D eigenvalue weighted by molar-refractivity contribution is 0.289. The molecule has 0 radical (unpaired) electrons. The van der Waals surface area contributed by atoms with E-state index in [0.29, 0.717) is 6.23 Å². The zero-order chi connectivity index (χ0) is 7.68. The van der Waals surface area contributed by atoms with Crippen molar-refractivity contribution >= 4 is 0 Å². The van der Waals surface area contributed by atoms with E-state index in [1.54, 1.807) is 0 Å². The van der Waals surface area contributed by atoms with E-state index in [2.05, 4.69) is 17.4 Å². The third-order valence-electron chi connectivity index (χ3n) is 2.68. The summed E-state index contributed by atoms with van der Waals surface area (Å²) in [5.41, 5.74) is 2.93. The third kappa shape index (κ3) is 1.92. The molecule has 2 fully saturated rings. The Morgan fingerprint density at radius 3 is 2.91 bits per heavy atom. The quantitative estimate of drug-likeness (QED) is 0.564. The zero-order valence-corrected chi connectivity index (χ0v) is 7.05. The van der Waals surface area contributed by atoms with Crippen LogP contribution in [0.1, 0.15) is 19.3 Å². The van der Waals surface area contributed by atoms with Crippen molar-refractivity contribution in [1.82, 2.24) is 10.4 Å². The average Bonchev–Trinajstić information content (AvgIpc) is 2.73. The number of hydroxylamine groups is 1. The highest BCUT2D eigenvalue weighted by Crippen LogP contribution is 2.25. The Morgan fingerprint density at radius 2 is 2.18 bits per heavy atom. The smallest absolute Gasteiger partial charge is 0.154 e. The van der Waals surface area contributed by atoms with Crippen molar-refractivity contribution in [2.45, 2.75) is 25.5 Å². The van der Waals surface area contributed by atoms with Crippen molar-refractivity contribution < 1.29 is 4.84 Å². The molecule has 2 aliphatic heterocycles. The first kappa shape index (κ1) is 7.53. The van der Waals surface area contributed by atoms with Crippen molar-refractivity contribution in [3.8, 4) is 0 Å². The van der Waals surface area contributed by atoms with Crippen molar-refractivity contribution in [1.29, 1.82) is 0 Å². The van der Waals surface area contributed by atoms with Crippen molar-refractivity contribution in [3.63, 3.8) is 0 Å². The Bertz CT molecular complexity index is 136. The van der Waals surface area contributed by atoms with Gasteiger partial charge in [-0.1, -0.05) is 0 Å². The van der Waals surface area contributed by atoms with E-state index < -0.39 is 0 Å². The molecule has 64 valence electrons. The summed E-state index contributed by atoms with van der Waals surface area (Å²) in [6, 6.07) is 0. The second-order valence-electron chi connectivity index (χ2n) is 3.65. The van der Waals surface area contributed by atoms with Crippen LogP contribution in [0.5, 0.6) is 0 Å². The molecule has 2 rings (SSSR count). The molecule has 0 amide bonds. The predicted molar refractivity (Wildman–Crippen MR) is 42.8 cm³/mol. The Labute approximate surface area is 67.7 Å². The third-order valence-corrected chi connectivity index (χ3v) is 2.68. The second kappa shape index (κ2) is 3.09. The standard InChI is InChI=1S/C8H16N2O/c1-10-5-2-3-7(4-6-10)8-9-11-8/h7-9H,2-6H2,1H3. The van der Waals surface area contributed by atoms with Crippen LogP contribution in [0.2, 0.25) is 0 Å². The van der Waals surface area contributed by atoms with E-state index in [0.717, 1.165) is 5.92 Å². The second-order valence-corrected chi connectivity index (χ2v) is 3.65. The van der Waals surface area contributed by atoms with Gasteiger partial charge in [-0.25, -0.2) is 0 Å². The van der Waals surface area contributed by atoms with Crippen LogP contribution in [0.3, 0.4) is 0 Å². The van der Waals surface area contributed by atoms with Crippen LogP contribution >= 0.6 is 0 Å². The number of nitrogens with one attached hydrogen (secondary N) is 1. The summed E-state index contributed by atoms with van der Waals surface area (Å²) in [4.78, 5) is 7.48. The van der Waals surface area contributed by atoms with Gasteiger partial charge in [-0.05, 0) is 39.4 Å². The maximum Gasteiger partial charge on any atom is 0.154 e. The van der Waals surface area contributed by atoms with Crippen LogP contribution in [0, 0.1) is 5.92 Å². The van der Waals surface area contributed by atoms with Gasteiger partial charge in [0.15, 0.2) is 6.23 Å². The summed E-state index contributed by atoms with van der Waals surface area (Å²) in [6.45, 7) is 2.48. The van der Waals surface area contributed by atoms with Gasteiger partial charge in [0, 0.05) is 5.92 Å². The maximum atomic E-state index is 5.07. The molecular formula is C8H16N2O. The SMILES string of the molecule is CN1CCCC(C2NO2)CC1. The first-order chi connectivity index (χ1) is 5.36. The first-order valence-corrected chi connectivity index (χ1v) is 4.46. The highest BCUT2D eigenvalue weighted by Gasteiger charge is 2.33. The van der Waals surface area contributed by atoms with E-state index in [1.807, 2.05) is 0 Å². The lowest BCUT2D eigenvalue weighted by Gasteiger charge is -2.11. The zero-order valence-electron chi connectivity index (χ0n) is 7.05. The molecule has 1 N–H and O–H groups in total. The molecule has 0 bridgehead atoms. The molecule has 2 saturated heterocycles. The minimum Gasteiger partial charge on any atom is -0.306 e. The molecule has 3 nitrogen and oxygen atoms in total. The number of hydrogen-bond acceptors (Lipinski definition) is 3.